The zero-order valence-corrected chi connectivity index (χ0v) is 17.6. The van der Waals surface area contributed by atoms with E-state index in [0.29, 0.717) is 12.4 Å². The summed E-state index contributed by atoms with van der Waals surface area (Å²) in [6.07, 6.45) is 0. The summed E-state index contributed by atoms with van der Waals surface area (Å²) in [4.78, 5) is 5.60. The van der Waals surface area contributed by atoms with Gasteiger partial charge in [-0.3, -0.25) is 4.84 Å². The lowest BCUT2D eigenvalue weighted by molar-refractivity contribution is -0.110. The number of ether oxygens (including phenoxy) is 1. The topological polar surface area (TPSA) is 59.1 Å². The van der Waals surface area contributed by atoms with Crippen molar-refractivity contribution in [3.05, 3.63) is 65.7 Å². The van der Waals surface area contributed by atoms with Gasteiger partial charge in [-0.05, 0) is 37.1 Å². The summed E-state index contributed by atoms with van der Waals surface area (Å²) in [5, 5.41) is 0.960. The number of sulfonamides is 1. The first kappa shape index (κ1) is 20.8. The molecule has 0 N–H and O–H groups in total. The van der Waals surface area contributed by atoms with Crippen molar-refractivity contribution in [1.82, 2.24) is 9.37 Å². The highest BCUT2D eigenvalue weighted by Crippen LogP contribution is 2.36. The van der Waals surface area contributed by atoms with Crippen molar-refractivity contribution < 1.29 is 18.0 Å². The Morgan fingerprint density at radius 1 is 1.18 bits per heavy atom. The molecular formula is C21H28N2O4S. The Balaban J connectivity index is 1.82. The SMILES string of the molecule is CC(C)N(C)S(=O)(=O)[C@@H]1CON(C)[C@H]1c1cccc(OCc2ccccc2)c1. The Hall–Kier alpha value is -1.93. The Kier molecular flexibility index (Phi) is 6.40. The Bertz CT molecular complexity index is 886. The molecule has 1 fully saturated rings. The zero-order chi connectivity index (χ0) is 20.3. The van der Waals surface area contributed by atoms with E-state index in [-0.39, 0.29) is 12.6 Å². The van der Waals surface area contributed by atoms with Gasteiger partial charge in [-0.1, -0.05) is 42.5 Å². The minimum Gasteiger partial charge on any atom is -0.489 e. The molecule has 0 saturated carbocycles. The van der Waals surface area contributed by atoms with E-state index in [1.807, 2.05) is 68.4 Å². The van der Waals surface area contributed by atoms with E-state index in [1.54, 1.807) is 19.2 Å². The standard InChI is InChI=1S/C21H28N2O4S/c1-16(2)23(4)28(24,25)20-15-27-22(3)21(20)18-11-8-12-19(13-18)26-14-17-9-6-5-7-10-17/h5-13,16,20-21H,14-15H2,1-4H3/t20-,21+/m1/s1. The van der Waals surface area contributed by atoms with Gasteiger partial charge in [0.15, 0.2) is 0 Å². The summed E-state index contributed by atoms with van der Waals surface area (Å²) in [7, 11) is -0.120. The molecule has 0 amide bonds. The van der Waals surface area contributed by atoms with Crippen LogP contribution in [0, 0.1) is 0 Å². The normalized spacial score (nSPS) is 20.8. The third-order valence-corrected chi connectivity index (χ3v) is 7.53. The third kappa shape index (κ3) is 4.38. The molecule has 7 heteroatoms. The summed E-state index contributed by atoms with van der Waals surface area (Å²) >= 11 is 0. The predicted octanol–water partition coefficient (Wildman–Crippen LogP) is 3.22. The zero-order valence-electron chi connectivity index (χ0n) is 16.8. The van der Waals surface area contributed by atoms with Crippen LogP contribution in [0.5, 0.6) is 5.75 Å². The summed E-state index contributed by atoms with van der Waals surface area (Å²) in [6.45, 7) is 4.32. The first-order valence-electron chi connectivity index (χ1n) is 9.40. The summed E-state index contributed by atoms with van der Waals surface area (Å²) in [5.41, 5.74) is 1.93. The number of nitrogens with zero attached hydrogens (tertiary/aromatic N) is 2. The molecule has 1 saturated heterocycles. The molecule has 0 aromatic heterocycles. The lowest BCUT2D eigenvalue weighted by Crippen LogP contribution is -2.43. The molecule has 2 aromatic rings. The quantitative estimate of drug-likeness (QED) is 0.709. The molecule has 1 aliphatic heterocycles. The average molecular weight is 405 g/mol. The summed E-state index contributed by atoms with van der Waals surface area (Å²) in [5.74, 6) is 0.704. The highest BCUT2D eigenvalue weighted by Gasteiger charge is 2.45. The van der Waals surface area contributed by atoms with Crippen molar-refractivity contribution >= 4 is 10.0 Å². The molecule has 2 atom stereocenters. The average Bonchev–Trinajstić information content (AvgIpc) is 3.09. The van der Waals surface area contributed by atoms with Crippen molar-refractivity contribution in [3.63, 3.8) is 0 Å². The van der Waals surface area contributed by atoms with Gasteiger partial charge in [0.25, 0.3) is 0 Å². The smallest absolute Gasteiger partial charge is 0.221 e. The van der Waals surface area contributed by atoms with Gasteiger partial charge in [0, 0.05) is 20.1 Å². The maximum Gasteiger partial charge on any atom is 0.221 e. The molecule has 0 bridgehead atoms. The molecule has 152 valence electrons. The lowest BCUT2D eigenvalue weighted by atomic mass is 10.0. The van der Waals surface area contributed by atoms with Crippen LogP contribution in [0.15, 0.2) is 54.6 Å². The Morgan fingerprint density at radius 2 is 1.89 bits per heavy atom. The first-order valence-corrected chi connectivity index (χ1v) is 10.9. The molecule has 2 aromatic carbocycles. The van der Waals surface area contributed by atoms with Crippen LogP contribution in [0.2, 0.25) is 0 Å². The van der Waals surface area contributed by atoms with Gasteiger partial charge in [-0.2, -0.15) is 5.06 Å². The second kappa shape index (κ2) is 8.61. The number of hydroxylamine groups is 2. The predicted molar refractivity (Wildman–Crippen MR) is 109 cm³/mol. The minimum absolute atomic E-state index is 0.114. The van der Waals surface area contributed by atoms with Gasteiger partial charge < -0.3 is 4.74 Å². The molecule has 1 aliphatic rings. The van der Waals surface area contributed by atoms with Crippen LogP contribution in [-0.4, -0.2) is 49.8 Å². The van der Waals surface area contributed by atoms with Crippen molar-refractivity contribution in [2.24, 2.45) is 0 Å². The molecule has 6 nitrogen and oxygen atoms in total. The van der Waals surface area contributed by atoms with Crippen molar-refractivity contribution in [1.29, 1.82) is 0 Å². The van der Waals surface area contributed by atoms with E-state index in [9.17, 15) is 8.42 Å². The Morgan fingerprint density at radius 3 is 2.57 bits per heavy atom. The Labute approximate surface area is 167 Å². The fourth-order valence-corrected chi connectivity index (χ4v) is 5.21. The lowest BCUT2D eigenvalue weighted by Gasteiger charge is -2.28. The van der Waals surface area contributed by atoms with Crippen molar-refractivity contribution in [2.45, 2.75) is 37.8 Å². The first-order chi connectivity index (χ1) is 13.3. The van der Waals surface area contributed by atoms with Crippen LogP contribution in [0.4, 0.5) is 0 Å². The number of benzene rings is 2. The van der Waals surface area contributed by atoms with E-state index in [1.165, 1.54) is 4.31 Å². The number of rotatable bonds is 7. The van der Waals surface area contributed by atoms with Crippen molar-refractivity contribution in [3.8, 4) is 5.75 Å². The van der Waals surface area contributed by atoms with Crippen molar-refractivity contribution in [2.75, 3.05) is 20.7 Å². The molecule has 0 spiro atoms. The fraction of sp³-hybridized carbons (Fsp3) is 0.429. The van der Waals surface area contributed by atoms with Gasteiger partial charge in [-0.25, -0.2) is 12.7 Å². The highest BCUT2D eigenvalue weighted by molar-refractivity contribution is 7.89. The highest BCUT2D eigenvalue weighted by atomic mass is 32.2. The van der Waals surface area contributed by atoms with E-state index in [0.717, 1.165) is 11.1 Å². The largest absolute Gasteiger partial charge is 0.489 e. The van der Waals surface area contributed by atoms with Gasteiger partial charge in [-0.15, -0.1) is 0 Å². The molecule has 1 heterocycles. The molecule has 28 heavy (non-hydrogen) atoms. The van der Waals surface area contributed by atoms with Crippen LogP contribution in [0.3, 0.4) is 0 Å². The van der Waals surface area contributed by atoms with E-state index in [2.05, 4.69) is 0 Å². The fourth-order valence-electron chi connectivity index (χ4n) is 3.31. The van der Waals surface area contributed by atoms with Crippen LogP contribution < -0.4 is 4.74 Å². The number of hydrogen-bond acceptors (Lipinski definition) is 5. The van der Waals surface area contributed by atoms with Gasteiger partial charge >= 0.3 is 0 Å². The molecule has 0 unspecified atom stereocenters. The van der Waals surface area contributed by atoms with Gasteiger partial charge in [0.05, 0.1) is 12.6 Å². The minimum atomic E-state index is -3.51. The van der Waals surface area contributed by atoms with E-state index < -0.39 is 21.3 Å². The maximum absolute atomic E-state index is 13.1. The molecule has 0 aliphatic carbocycles. The maximum atomic E-state index is 13.1. The number of hydrogen-bond donors (Lipinski definition) is 0. The molecular weight excluding hydrogens is 376 g/mol. The van der Waals surface area contributed by atoms with Crippen LogP contribution in [0.25, 0.3) is 0 Å². The van der Waals surface area contributed by atoms with Gasteiger partial charge in [0.1, 0.15) is 17.6 Å². The molecule has 0 radical (unpaired) electrons. The monoisotopic (exact) mass is 404 g/mol. The van der Waals surface area contributed by atoms with Crippen LogP contribution in [0.1, 0.15) is 31.0 Å². The second-order valence-electron chi connectivity index (χ2n) is 7.33. The molecule has 3 rings (SSSR count). The van der Waals surface area contributed by atoms with E-state index >= 15 is 0 Å². The van der Waals surface area contributed by atoms with Gasteiger partial charge in [0.2, 0.25) is 10.0 Å². The third-order valence-electron chi connectivity index (χ3n) is 5.15. The van der Waals surface area contributed by atoms with Crippen LogP contribution in [-0.2, 0) is 21.5 Å². The second-order valence-corrected chi connectivity index (χ2v) is 9.54. The summed E-state index contributed by atoms with van der Waals surface area (Å²) < 4.78 is 33.5. The summed E-state index contributed by atoms with van der Waals surface area (Å²) in [6, 6.07) is 17.0. The van der Waals surface area contributed by atoms with Crippen LogP contribution >= 0.6 is 0 Å². The van der Waals surface area contributed by atoms with E-state index in [4.69, 9.17) is 9.57 Å².